The van der Waals surface area contributed by atoms with Crippen LogP contribution in [-0.4, -0.2) is 90.0 Å². The number of carbonyl (C=O) groups excluding carboxylic acids is 2. The number of benzene rings is 1. The molecule has 5 rings (SSSR count). The van der Waals surface area contributed by atoms with Gasteiger partial charge in [-0.1, -0.05) is 17.7 Å². The Morgan fingerprint density at radius 1 is 1.18 bits per heavy atom. The van der Waals surface area contributed by atoms with Crippen LogP contribution in [0.3, 0.4) is 0 Å². The molecule has 2 amide bonds. The summed E-state index contributed by atoms with van der Waals surface area (Å²) in [6.07, 6.45) is -2.62. The first-order chi connectivity index (χ1) is 17.8. The first kappa shape index (κ1) is 27.6. The molecular weight excluding hydrogens is 533 g/mol. The highest BCUT2D eigenvalue weighted by Crippen LogP contribution is 2.61. The fourth-order valence-electron chi connectivity index (χ4n) is 6.12. The number of nitrogens with zero attached hydrogens (tertiary/aromatic N) is 3. The van der Waals surface area contributed by atoms with Crippen molar-refractivity contribution >= 4 is 23.4 Å². The molecule has 3 heterocycles. The lowest BCUT2D eigenvalue weighted by atomic mass is 9.89. The summed E-state index contributed by atoms with van der Waals surface area (Å²) in [4.78, 5) is 31.4. The van der Waals surface area contributed by atoms with Crippen molar-refractivity contribution in [2.24, 2.45) is 5.41 Å². The van der Waals surface area contributed by atoms with E-state index in [0.717, 1.165) is 12.1 Å². The van der Waals surface area contributed by atoms with E-state index in [4.69, 9.17) is 16.3 Å². The maximum absolute atomic E-state index is 14.6. The number of amides is 2. The van der Waals surface area contributed by atoms with E-state index in [1.807, 2.05) is 0 Å². The minimum absolute atomic E-state index is 0.197. The Kier molecular flexibility index (Phi) is 7.18. The Morgan fingerprint density at radius 2 is 1.92 bits per heavy atom. The SMILES string of the molecule is C[C@H]1C(=O)N2[C@@H](CCN3CCC4(CC4)C(F)(F)C3)COC[C@H]2CN1C(=O)Cc1ccc(C(F)(F)F)c(Cl)c1. The highest BCUT2D eigenvalue weighted by atomic mass is 35.5. The largest absolute Gasteiger partial charge is 0.417 e. The molecule has 4 aliphatic rings. The lowest BCUT2D eigenvalue weighted by molar-refractivity contribution is -0.168. The van der Waals surface area contributed by atoms with E-state index in [2.05, 4.69) is 0 Å². The highest BCUT2D eigenvalue weighted by molar-refractivity contribution is 6.31. The molecule has 6 nitrogen and oxygen atoms in total. The number of alkyl halides is 5. The number of halogens is 6. The van der Waals surface area contributed by atoms with Crippen LogP contribution in [0.15, 0.2) is 18.2 Å². The van der Waals surface area contributed by atoms with Gasteiger partial charge in [0, 0.05) is 18.5 Å². The maximum Gasteiger partial charge on any atom is 0.417 e. The molecule has 0 N–H and O–H groups in total. The Labute approximate surface area is 223 Å². The molecule has 3 aliphatic heterocycles. The summed E-state index contributed by atoms with van der Waals surface area (Å²) in [5, 5.41) is -0.487. The van der Waals surface area contributed by atoms with Crippen molar-refractivity contribution in [3.8, 4) is 0 Å². The predicted octanol–water partition coefficient (Wildman–Crippen LogP) is 4.24. The van der Waals surface area contributed by atoms with Crippen molar-refractivity contribution in [1.82, 2.24) is 14.7 Å². The van der Waals surface area contributed by atoms with Crippen LogP contribution >= 0.6 is 11.6 Å². The second-order valence-corrected chi connectivity index (χ2v) is 11.5. The Balaban J connectivity index is 1.20. The van der Waals surface area contributed by atoms with Gasteiger partial charge in [0.25, 0.3) is 5.92 Å². The van der Waals surface area contributed by atoms with Crippen LogP contribution in [0.5, 0.6) is 0 Å². The van der Waals surface area contributed by atoms with E-state index >= 15 is 0 Å². The van der Waals surface area contributed by atoms with E-state index < -0.39 is 40.0 Å². The third-order valence-corrected chi connectivity index (χ3v) is 8.96. The molecule has 38 heavy (non-hydrogen) atoms. The average Bonchev–Trinajstić information content (AvgIpc) is 3.63. The molecule has 1 aromatic rings. The number of rotatable bonds is 5. The Morgan fingerprint density at radius 3 is 2.55 bits per heavy atom. The minimum Gasteiger partial charge on any atom is -0.377 e. The molecule has 0 aromatic heterocycles. The average molecular weight is 564 g/mol. The number of likely N-dealkylation sites (tertiary alicyclic amines) is 1. The van der Waals surface area contributed by atoms with Crippen molar-refractivity contribution in [3.63, 3.8) is 0 Å². The van der Waals surface area contributed by atoms with Gasteiger partial charge in [0.1, 0.15) is 6.04 Å². The number of hydrogen-bond acceptors (Lipinski definition) is 4. The quantitative estimate of drug-likeness (QED) is 0.503. The molecule has 210 valence electrons. The first-order valence-corrected chi connectivity index (χ1v) is 13.3. The van der Waals surface area contributed by atoms with Crippen molar-refractivity contribution in [2.45, 2.75) is 69.3 Å². The van der Waals surface area contributed by atoms with Crippen LogP contribution in [0.4, 0.5) is 22.0 Å². The lowest BCUT2D eigenvalue weighted by Gasteiger charge is -2.50. The van der Waals surface area contributed by atoms with Gasteiger partial charge in [-0.3, -0.25) is 14.5 Å². The number of hydrogen-bond donors (Lipinski definition) is 0. The molecule has 3 atom stereocenters. The van der Waals surface area contributed by atoms with E-state index in [-0.39, 0.29) is 44.1 Å². The molecule has 1 aliphatic carbocycles. The van der Waals surface area contributed by atoms with Crippen LogP contribution in [0.2, 0.25) is 5.02 Å². The van der Waals surface area contributed by atoms with Gasteiger partial charge in [0.2, 0.25) is 11.8 Å². The van der Waals surface area contributed by atoms with Crippen molar-refractivity contribution in [2.75, 3.05) is 39.4 Å². The van der Waals surface area contributed by atoms with Gasteiger partial charge in [-0.15, -0.1) is 0 Å². The standard InChI is InChI=1S/C26H31ClF5N3O3/c1-16-23(37)35-18(4-8-33-9-7-24(5-6-24)25(28,29)15-33)13-38-14-19(35)12-34(16)22(36)11-17-2-3-20(21(27)10-17)26(30,31)32/h2-3,10,16,18-19H,4-9,11-15H2,1H3/t16-,18-,19+/m0/s1. The van der Waals surface area contributed by atoms with E-state index in [1.165, 1.54) is 11.0 Å². The fourth-order valence-corrected chi connectivity index (χ4v) is 6.43. The summed E-state index contributed by atoms with van der Waals surface area (Å²) >= 11 is 5.79. The van der Waals surface area contributed by atoms with Gasteiger partial charge < -0.3 is 14.5 Å². The predicted molar refractivity (Wildman–Crippen MR) is 129 cm³/mol. The van der Waals surface area contributed by atoms with Crippen LogP contribution in [-0.2, 0) is 26.9 Å². The summed E-state index contributed by atoms with van der Waals surface area (Å²) in [5.74, 6) is -3.33. The summed E-state index contributed by atoms with van der Waals surface area (Å²) in [5.41, 5.74) is -1.46. The zero-order valence-electron chi connectivity index (χ0n) is 21.1. The zero-order valence-corrected chi connectivity index (χ0v) is 21.8. The second-order valence-electron chi connectivity index (χ2n) is 11.1. The molecule has 1 aromatic carbocycles. The van der Waals surface area contributed by atoms with Crippen molar-refractivity contribution < 1.29 is 36.3 Å². The zero-order chi connectivity index (χ0) is 27.5. The van der Waals surface area contributed by atoms with Gasteiger partial charge in [-0.25, -0.2) is 8.78 Å². The Hall–Kier alpha value is -1.98. The van der Waals surface area contributed by atoms with Gasteiger partial charge >= 0.3 is 6.18 Å². The molecule has 0 bridgehead atoms. The second kappa shape index (κ2) is 9.89. The third kappa shape index (κ3) is 5.13. The monoisotopic (exact) mass is 563 g/mol. The van der Waals surface area contributed by atoms with E-state index in [9.17, 15) is 31.5 Å². The van der Waals surface area contributed by atoms with Gasteiger partial charge in [0.05, 0.1) is 48.8 Å². The van der Waals surface area contributed by atoms with Gasteiger partial charge in [0.15, 0.2) is 0 Å². The van der Waals surface area contributed by atoms with E-state index in [1.54, 1.807) is 16.7 Å². The lowest BCUT2D eigenvalue weighted by Crippen LogP contribution is -2.68. The molecule has 12 heteroatoms. The number of piperidine rings is 1. The van der Waals surface area contributed by atoms with Crippen LogP contribution in [0.1, 0.15) is 43.7 Å². The molecule has 1 saturated carbocycles. The molecule has 4 fully saturated rings. The van der Waals surface area contributed by atoms with Gasteiger partial charge in [-0.2, -0.15) is 13.2 Å². The highest BCUT2D eigenvalue weighted by Gasteiger charge is 2.63. The third-order valence-electron chi connectivity index (χ3n) is 8.65. The smallest absolute Gasteiger partial charge is 0.377 e. The van der Waals surface area contributed by atoms with E-state index in [0.29, 0.717) is 50.9 Å². The normalized spacial score (nSPS) is 28.9. The number of ether oxygens (including phenoxy) is 1. The Bertz CT molecular complexity index is 1100. The number of fused-ring (bicyclic) bond motifs is 1. The van der Waals surface area contributed by atoms with Gasteiger partial charge in [-0.05, 0) is 56.8 Å². The summed E-state index contributed by atoms with van der Waals surface area (Å²) in [6, 6.07) is 1.76. The van der Waals surface area contributed by atoms with Crippen molar-refractivity contribution in [1.29, 1.82) is 0 Å². The number of piperazine rings is 1. The number of carbonyl (C=O) groups is 2. The maximum atomic E-state index is 14.6. The molecule has 0 radical (unpaired) electrons. The fraction of sp³-hybridized carbons (Fsp3) is 0.692. The summed E-state index contributed by atoms with van der Waals surface area (Å²) in [6.45, 7) is 3.19. The number of morpholine rings is 1. The van der Waals surface area contributed by atoms with Crippen LogP contribution in [0.25, 0.3) is 0 Å². The molecule has 3 saturated heterocycles. The topological polar surface area (TPSA) is 53.1 Å². The minimum atomic E-state index is -4.59. The van der Waals surface area contributed by atoms with Crippen molar-refractivity contribution in [3.05, 3.63) is 34.3 Å². The summed E-state index contributed by atoms with van der Waals surface area (Å²) in [7, 11) is 0. The molecule has 0 unspecified atom stereocenters. The van der Waals surface area contributed by atoms with Crippen LogP contribution in [0, 0.1) is 5.41 Å². The van der Waals surface area contributed by atoms with Crippen LogP contribution < -0.4 is 0 Å². The molecule has 1 spiro atoms. The first-order valence-electron chi connectivity index (χ1n) is 13.0. The summed E-state index contributed by atoms with van der Waals surface area (Å²) < 4.78 is 73.9. The molecular formula is C26H31ClF5N3O3.